The van der Waals surface area contributed by atoms with Crippen molar-refractivity contribution in [2.24, 2.45) is 4.99 Å². The summed E-state index contributed by atoms with van der Waals surface area (Å²) >= 11 is 0. The van der Waals surface area contributed by atoms with E-state index in [4.69, 9.17) is 6.57 Å². The smallest absolute Gasteiger partial charge is 0.269 e. The van der Waals surface area contributed by atoms with Gasteiger partial charge in [0.25, 0.3) is 5.82 Å². The molecule has 1 N–H and O–H groups in total. The van der Waals surface area contributed by atoms with Crippen molar-refractivity contribution in [1.82, 2.24) is 15.2 Å². The Morgan fingerprint density at radius 3 is 3.12 bits per heavy atom. The van der Waals surface area contributed by atoms with E-state index in [0.717, 1.165) is 31.2 Å². The Morgan fingerprint density at radius 2 is 2.50 bits per heavy atom. The minimum absolute atomic E-state index is 0.438. The lowest BCUT2D eigenvalue weighted by atomic mass is 10.2. The number of aromatic nitrogens is 1. The van der Waals surface area contributed by atoms with Crippen molar-refractivity contribution in [1.29, 1.82) is 0 Å². The molecule has 1 aliphatic rings. The van der Waals surface area contributed by atoms with Gasteiger partial charge in [-0.05, 0) is 6.07 Å². The van der Waals surface area contributed by atoms with Crippen molar-refractivity contribution in [2.45, 2.75) is 6.54 Å². The SMILES string of the molecule is [C-]#[N+]c1ccc(CN2CCN/C2=N\C)cn1. The Balaban J connectivity index is 2.06. The molecule has 5 nitrogen and oxygen atoms in total. The highest BCUT2D eigenvalue weighted by Crippen LogP contribution is 2.11. The zero-order valence-electron chi connectivity index (χ0n) is 9.14. The number of rotatable bonds is 2. The summed E-state index contributed by atoms with van der Waals surface area (Å²) in [6, 6.07) is 3.68. The van der Waals surface area contributed by atoms with Crippen molar-refractivity contribution in [3.05, 3.63) is 35.3 Å². The molecule has 0 aliphatic carbocycles. The van der Waals surface area contributed by atoms with Crippen molar-refractivity contribution in [3.63, 3.8) is 0 Å². The van der Waals surface area contributed by atoms with Crippen molar-refractivity contribution in [3.8, 4) is 0 Å². The molecule has 16 heavy (non-hydrogen) atoms. The van der Waals surface area contributed by atoms with Crippen LogP contribution in [-0.2, 0) is 6.54 Å². The number of pyridine rings is 1. The highest BCUT2D eigenvalue weighted by atomic mass is 15.3. The number of nitrogens with one attached hydrogen (secondary N) is 1. The van der Waals surface area contributed by atoms with Crippen LogP contribution in [0, 0.1) is 6.57 Å². The molecule has 0 atom stereocenters. The second kappa shape index (κ2) is 4.62. The van der Waals surface area contributed by atoms with Crippen molar-refractivity contribution in [2.75, 3.05) is 20.1 Å². The molecule has 2 rings (SSSR count). The maximum atomic E-state index is 6.82. The summed E-state index contributed by atoms with van der Waals surface area (Å²) in [7, 11) is 1.78. The molecule has 0 bridgehead atoms. The van der Waals surface area contributed by atoms with Crippen LogP contribution in [0.25, 0.3) is 4.85 Å². The molecule has 1 aliphatic heterocycles. The van der Waals surface area contributed by atoms with Crippen LogP contribution in [0.3, 0.4) is 0 Å². The highest BCUT2D eigenvalue weighted by molar-refractivity contribution is 5.81. The van der Waals surface area contributed by atoms with E-state index in [0.29, 0.717) is 5.82 Å². The minimum Gasteiger partial charge on any atom is -0.361 e. The Labute approximate surface area is 94.6 Å². The van der Waals surface area contributed by atoms with Crippen LogP contribution in [0.15, 0.2) is 23.3 Å². The molecule has 1 fully saturated rings. The molecular formula is C11H13N5. The average Bonchev–Trinajstić information content (AvgIpc) is 2.77. The maximum Gasteiger partial charge on any atom is 0.269 e. The quantitative estimate of drug-likeness (QED) is 0.749. The number of aliphatic imine (C=N–C) groups is 1. The summed E-state index contributed by atoms with van der Waals surface area (Å²) in [6.45, 7) is 9.49. The molecular weight excluding hydrogens is 202 g/mol. The molecule has 5 heteroatoms. The van der Waals surface area contributed by atoms with Crippen LogP contribution in [0.4, 0.5) is 5.82 Å². The van der Waals surface area contributed by atoms with Crippen LogP contribution in [0.5, 0.6) is 0 Å². The van der Waals surface area contributed by atoms with Crippen molar-refractivity contribution >= 4 is 11.8 Å². The van der Waals surface area contributed by atoms with E-state index >= 15 is 0 Å². The molecule has 82 valence electrons. The van der Waals surface area contributed by atoms with Crippen LogP contribution < -0.4 is 5.32 Å². The van der Waals surface area contributed by atoms with Gasteiger partial charge in [-0.25, -0.2) is 0 Å². The summed E-state index contributed by atoms with van der Waals surface area (Å²) in [5.41, 5.74) is 1.09. The zero-order valence-corrected chi connectivity index (χ0v) is 9.14. The fraction of sp³-hybridized carbons (Fsp3) is 0.364. The van der Waals surface area contributed by atoms with E-state index in [1.807, 2.05) is 6.07 Å². The molecule has 1 aromatic rings. The van der Waals surface area contributed by atoms with E-state index in [-0.39, 0.29) is 0 Å². The second-order valence-electron chi connectivity index (χ2n) is 3.53. The molecule has 0 amide bonds. The Hall–Kier alpha value is -2.09. The zero-order chi connectivity index (χ0) is 11.4. The topological polar surface area (TPSA) is 44.9 Å². The third-order valence-electron chi connectivity index (χ3n) is 2.47. The van der Waals surface area contributed by atoms with Gasteiger partial charge in [-0.1, -0.05) is 12.6 Å². The molecule has 0 aromatic carbocycles. The normalized spacial score (nSPS) is 17.2. The van der Waals surface area contributed by atoms with E-state index in [1.54, 1.807) is 19.3 Å². The molecule has 1 aromatic heterocycles. The Kier molecular flexibility index (Phi) is 3.01. The Morgan fingerprint density at radius 1 is 1.62 bits per heavy atom. The first-order valence-electron chi connectivity index (χ1n) is 5.11. The van der Waals surface area contributed by atoms with Gasteiger partial charge in [0.15, 0.2) is 5.96 Å². The molecule has 2 heterocycles. The number of hydrogen-bond donors (Lipinski definition) is 1. The fourth-order valence-corrected chi connectivity index (χ4v) is 1.69. The maximum absolute atomic E-state index is 6.82. The summed E-state index contributed by atoms with van der Waals surface area (Å²) in [6.07, 6.45) is 1.75. The second-order valence-corrected chi connectivity index (χ2v) is 3.53. The van der Waals surface area contributed by atoms with E-state index < -0.39 is 0 Å². The minimum atomic E-state index is 0.438. The summed E-state index contributed by atoms with van der Waals surface area (Å²) in [4.78, 5) is 13.6. The van der Waals surface area contributed by atoms with E-state index in [9.17, 15) is 0 Å². The molecule has 0 radical (unpaired) electrons. The third kappa shape index (κ3) is 2.11. The fourth-order valence-electron chi connectivity index (χ4n) is 1.69. The number of nitrogens with zero attached hydrogens (tertiary/aromatic N) is 4. The summed E-state index contributed by atoms with van der Waals surface area (Å²) in [5, 5.41) is 3.21. The Bertz CT molecular complexity index is 429. The van der Waals surface area contributed by atoms with Crippen LogP contribution >= 0.6 is 0 Å². The van der Waals surface area contributed by atoms with Crippen molar-refractivity contribution < 1.29 is 0 Å². The average molecular weight is 215 g/mol. The predicted octanol–water partition coefficient (Wildman–Crippen LogP) is 1.02. The number of hydrogen-bond acceptors (Lipinski definition) is 2. The van der Waals surface area contributed by atoms with Gasteiger partial charge in [-0.3, -0.25) is 4.99 Å². The van der Waals surface area contributed by atoms with Gasteiger partial charge < -0.3 is 15.1 Å². The largest absolute Gasteiger partial charge is 0.361 e. The summed E-state index contributed by atoms with van der Waals surface area (Å²) in [5.74, 6) is 1.36. The van der Waals surface area contributed by atoms with Gasteiger partial charge in [0.05, 0.1) is 0 Å². The lowest BCUT2D eigenvalue weighted by molar-refractivity contribution is 0.456. The van der Waals surface area contributed by atoms with Crippen LogP contribution in [0.1, 0.15) is 5.56 Å². The molecule has 0 spiro atoms. The third-order valence-corrected chi connectivity index (χ3v) is 2.47. The molecule has 0 unspecified atom stereocenters. The van der Waals surface area contributed by atoms with Gasteiger partial charge in [0.1, 0.15) is 6.20 Å². The van der Waals surface area contributed by atoms with Crippen LogP contribution in [0.2, 0.25) is 0 Å². The molecule has 1 saturated heterocycles. The van der Waals surface area contributed by atoms with E-state index in [1.165, 1.54) is 0 Å². The van der Waals surface area contributed by atoms with Gasteiger partial charge in [-0.2, -0.15) is 0 Å². The number of guanidine groups is 1. The first-order chi connectivity index (χ1) is 7.83. The van der Waals surface area contributed by atoms with Gasteiger partial charge >= 0.3 is 0 Å². The predicted molar refractivity (Wildman–Crippen MR) is 62.3 cm³/mol. The van der Waals surface area contributed by atoms with Crippen LogP contribution in [-0.4, -0.2) is 36.0 Å². The van der Waals surface area contributed by atoms with Gasteiger partial charge in [-0.15, -0.1) is 4.98 Å². The van der Waals surface area contributed by atoms with Gasteiger partial charge in [0.2, 0.25) is 0 Å². The lowest BCUT2D eigenvalue weighted by Crippen LogP contribution is -2.29. The monoisotopic (exact) mass is 215 g/mol. The standard InChI is InChI=1S/C11H13N5/c1-12-10-4-3-9(7-15-10)8-16-6-5-14-11(16)13-2/h3-4,7H,5-6,8H2,2H3,(H,13,14). The first kappa shape index (κ1) is 10.4. The summed E-state index contributed by atoms with van der Waals surface area (Å²) < 4.78 is 0. The van der Waals surface area contributed by atoms with E-state index in [2.05, 4.69) is 25.0 Å². The first-order valence-corrected chi connectivity index (χ1v) is 5.11. The molecule has 0 saturated carbocycles. The van der Waals surface area contributed by atoms with Gasteiger partial charge in [0, 0.05) is 32.2 Å². The lowest BCUT2D eigenvalue weighted by Gasteiger charge is -2.16. The highest BCUT2D eigenvalue weighted by Gasteiger charge is 2.17.